The van der Waals surface area contributed by atoms with Gasteiger partial charge in [0.15, 0.2) is 0 Å². The minimum atomic E-state index is 0.336. The maximum atomic E-state index is 5.72. The number of aromatic amines is 1. The summed E-state index contributed by atoms with van der Waals surface area (Å²) in [5.74, 6) is 1.98. The van der Waals surface area contributed by atoms with Gasteiger partial charge in [-0.15, -0.1) is 5.10 Å². The predicted octanol–water partition coefficient (Wildman–Crippen LogP) is 2.71. The van der Waals surface area contributed by atoms with Crippen molar-refractivity contribution in [3.63, 3.8) is 0 Å². The highest BCUT2D eigenvalue weighted by Crippen LogP contribution is 2.21. The highest BCUT2D eigenvalue weighted by molar-refractivity contribution is 7.99. The summed E-state index contributed by atoms with van der Waals surface area (Å²) in [6, 6.07) is 14.3. The minimum Gasteiger partial charge on any atom is -0.493 e. The summed E-state index contributed by atoms with van der Waals surface area (Å²) in [5.41, 5.74) is 5.45. The van der Waals surface area contributed by atoms with Gasteiger partial charge in [0.2, 0.25) is 11.1 Å². The number of aromatic nitrogens is 3. The summed E-state index contributed by atoms with van der Waals surface area (Å²) in [6.45, 7) is 0.595. The number of benzene rings is 2. The number of hydrogen-bond donors (Lipinski definition) is 2. The Morgan fingerprint density at radius 3 is 2.80 bits per heavy atom. The van der Waals surface area contributed by atoms with Crippen molar-refractivity contribution < 1.29 is 4.74 Å². The number of thioether (sulfide) groups is 1. The molecule has 6 heteroatoms. The van der Waals surface area contributed by atoms with Crippen molar-refractivity contribution >= 4 is 28.5 Å². The van der Waals surface area contributed by atoms with Crippen LogP contribution in [0.25, 0.3) is 10.8 Å². The zero-order valence-corrected chi connectivity index (χ0v) is 11.6. The molecule has 1 aromatic heterocycles. The van der Waals surface area contributed by atoms with Crippen molar-refractivity contribution in [2.75, 3.05) is 18.1 Å². The van der Waals surface area contributed by atoms with Crippen molar-refractivity contribution in [2.24, 2.45) is 0 Å². The van der Waals surface area contributed by atoms with Crippen LogP contribution >= 0.6 is 11.8 Å². The predicted molar refractivity (Wildman–Crippen MR) is 81.0 cm³/mol. The molecule has 0 amide bonds. The van der Waals surface area contributed by atoms with E-state index >= 15 is 0 Å². The summed E-state index contributed by atoms with van der Waals surface area (Å²) in [6.07, 6.45) is 0. The fourth-order valence-corrected chi connectivity index (χ4v) is 2.49. The number of nitrogens with two attached hydrogens (primary N) is 1. The zero-order valence-electron chi connectivity index (χ0n) is 10.7. The molecule has 5 nitrogen and oxygen atoms in total. The van der Waals surface area contributed by atoms with E-state index in [1.807, 2.05) is 24.3 Å². The molecule has 0 spiro atoms. The van der Waals surface area contributed by atoms with Gasteiger partial charge in [-0.3, -0.25) is 0 Å². The van der Waals surface area contributed by atoms with Gasteiger partial charge in [0, 0.05) is 5.75 Å². The maximum absolute atomic E-state index is 5.72. The third-order valence-corrected chi connectivity index (χ3v) is 3.60. The molecule has 0 atom stereocenters. The number of H-pyrrole nitrogens is 1. The Bertz CT molecular complexity index is 713. The molecule has 0 aliphatic rings. The molecule has 0 unspecified atom stereocenters. The number of nitrogens with one attached hydrogen (secondary N) is 1. The monoisotopic (exact) mass is 286 g/mol. The first-order valence-electron chi connectivity index (χ1n) is 6.23. The Labute approximate surface area is 120 Å². The molecule has 0 bridgehead atoms. The molecule has 0 aliphatic carbocycles. The van der Waals surface area contributed by atoms with Crippen molar-refractivity contribution in [1.82, 2.24) is 15.2 Å². The summed E-state index contributed by atoms with van der Waals surface area (Å²) in [4.78, 5) is 4.01. The van der Waals surface area contributed by atoms with Crippen LogP contribution < -0.4 is 10.5 Å². The van der Waals surface area contributed by atoms with Crippen LogP contribution in [0, 0.1) is 0 Å². The first kappa shape index (κ1) is 12.8. The lowest BCUT2D eigenvalue weighted by molar-refractivity contribution is 0.344. The Balaban J connectivity index is 1.54. The van der Waals surface area contributed by atoms with E-state index in [1.165, 1.54) is 22.5 Å². The first-order valence-corrected chi connectivity index (χ1v) is 7.22. The topological polar surface area (TPSA) is 76.8 Å². The molecule has 0 fully saturated rings. The average molecular weight is 286 g/mol. The second kappa shape index (κ2) is 5.83. The lowest BCUT2D eigenvalue weighted by atomic mass is 10.1. The molecule has 3 rings (SSSR count). The number of fused-ring (bicyclic) bond motifs is 1. The number of nitrogens with zero attached hydrogens (tertiary/aromatic N) is 2. The van der Waals surface area contributed by atoms with Crippen molar-refractivity contribution in [2.45, 2.75) is 5.16 Å². The summed E-state index contributed by atoms with van der Waals surface area (Å²) in [7, 11) is 0. The molecular weight excluding hydrogens is 272 g/mol. The number of nitrogen functional groups attached to an aromatic ring is 1. The maximum Gasteiger partial charge on any atom is 0.216 e. The van der Waals surface area contributed by atoms with Crippen LogP contribution in [0.15, 0.2) is 47.6 Å². The van der Waals surface area contributed by atoms with Gasteiger partial charge >= 0.3 is 0 Å². The number of hydrogen-bond acceptors (Lipinski definition) is 5. The molecule has 0 saturated carbocycles. The molecule has 102 valence electrons. The van der Waals surface area contributed by atoms with Gasteiger partial charge in [-0.2, -0.15) is 4.98 Å². The smallest absolute Gasteiger partial charge is 0.216 e. The molecular formula is C14H14N4OS. The number of anilines is 1. The Morgan fingerprint density at radius 2 is 2.00 bits per heavy atom. The largest absolute Gasteiger partial charge is 0.493 e. The third kappa shape index (κ3) is 3.03. The molecule has 2 aromatic carbocycles. The highest BCUT2D eigenvalue weighted by Gasteiger charge is 2.01. The zero-order chi connectivity index (χ0) is 13.8. The van der Waals surface area contributed by atoms with Crippen LogP contribution in [0.3, 0.4) is 0 Å². The van der Waals surface area contributed by atoms with E-state index in [0.717, 1.165) is 11.5 Å². The first-order chi connectivity index (χ1) is 9.81. The molecule has 0 radical (unpaired) electrons. The second-order valence-electron chi connectivity index (χ2n) is 4.21. The van der Waals surface area contributed by atoms with E-state index in [1.54, 1.807) is 0 Å². The summed E-state index contributed by atoms with van der Waals surface area (Å²) in [5, 5.41) is 9.59. The van der Waals surface area contributed by atoms with E-state index in [9.17, 15) is 0 Å². The van der Waals surface area contributed by atoms with Crippen LogP contribution in [0.4, 0.5) is 5.95 Å². The fraction of sp³-hybridized carbons (Fsp3) is 0.143. The van der Waals surface area contributed by atoms with Gasteiger partial charge in [-0.25, -0.2) is 5.10 Å². The lowest BCUT2D eigenvalue weighted by Gasteiger charge is -2.06. The molecule has 0 aliphatic heterocycles. The van der Waals surface area contributed by atoms with Gasteiger partial charge in [-0.1, -0.05) is 42.1 Å². The fourth-order valence-electron chi connectivity index (χ4n) is 1.87. The Hall–Kier alpha value is -2.21. The van der Waals surface area contributed by atoms with Crippen molar-refractivity contribution in [3.05, 3.63) is 42.5 Å². The Morgan fingerprint density at radius 1 is 1.15 bits per heavy atom. The molecule has 1 heterocycles. The number of ether oxygens (including phenoxy) is 1. The SMILES string of the molecule is Nc1nc(SCCOc2ccc3ccccc3c2)n[nH]1. The molecule has 3 aromatic rings. The van der Waals surface area contributed by atoms with E-state index in [-0.39, 0.29) is 0 Å². The van der Waals surface area contributed by atoms with E-state index < -0.39 is 0 Å². The molecule has 0 saturated heterocycles. The van der Waals surface area contributed by atoms with E-state index in [0.29, 0.717) is 17.7 Å². The van der Waals surface area contributed by atoms with Crippen LogP contribution in [0.5, 0.6) is 5.75 Å². The van der Waals surface area contributed by atoms with Crippen LogP contribution in [-0.2, 0) is 0 Å². The van der Waals surface area contributed by atoms with Crippen LogP contribution in [-0.4, -0.2) is 27.5 Å². The quantitative estimate of drug-likeness (QED) is 0.557. The molecule has 3 N–H and O–H groups in total. The summed E-state index contributed by atoms with van der Waals surface area (Å²) >= 11 is 1.51. The second-order valence-corrected chi connectivity index (χ2v) is 5.27. The van der Waals surface area contributed by atoms with E-state index in [2.05, 4.69) is 33.4 Å². The Kier molecular flexibility index (Phi) is 3.73. The van der Waals surface area contributed by atoms with Crippen LogP contribution in [0.2, 0.25) is 0 Å². The molecule has 20 heavy (non-hydrogen) atoms. The van der Waals surface area contributed by atoms with Gasteiger partial charge in [0.1, 0.15) is 5.75 Å². The standard InChI is InChI=1S/C14H14N4OS/c15-13-16-14(18-17-13)20-8-7-19-12-6-5-10-3-1-2-4-11(10)9-12/h1-6,9H,7-8H2,(H3,15,16,17,18). The van der Waals surface area contributed by atoms with Crippen molar-refractivity contribution in [1.29, 1.82) is 0 Å². The highest BCUT2D eigenvalue weighted by atomic mass is 32.2. The minimum absolute atomic E-state index is 0.336. The average Bonchev–Trinajstić information content (AvgIpc) is 2.89. The lowest BCUT2D eigenvalue weighted by Crippen LogP contribution is -2.00. The third-order valence-electron chi connectivity index (χ3n) is 2.79. The van der Waals surface area contributed by atoms with Gasteiger partial charge < -0.3 is 10.5 Å². The van der Waals surface area contributed by atoms with Crippen molar-refractivity contribution in [3.8, 4) is 5.75 Å². The van der Waals surface area contributed by atoms with E-state index in [4.69, 9.17) is 10.5 Å². The summed E-state index contributed by atoms with van der Waals surface area (Å²) < 4.78 is 5.72. The number of rotatable bonds is 5. The van der Waals surface area contributed by atoms with Gasteiger partial charge in [-0.05, 0) is 22.9 Å². The normalized spacial score (nSPS) is 10.8. The van der Waals surface area contributed by atoms with Gasteiger partial charge in [0.05, 0.1) is 6.61 Å². The van der Waals surface area contributed by atoms with Crippen LogP contribution in [0.1, 0.15) is 0 Å². The van der Waals surface area contributed by atoms with Gasteiger partial charge in [0.25, 0.3) is 0 Å².